The van der Waals surface area contributed by atoms with Crippen molar-refractivity contribution in [3.05, 3.63) is 70.8 Å². The van der Waals surface area contributed by atoms with Crippen molar-refractivity contribution in [1.29, 1.82) is 0 Å². The normalized spacial score (nSPS) is 22.6. The lowest BCUT2D eigenvalue weighted by molar-refractivity contribution is 0.131. The molecule has 92 valence electrons. The molecular weight excluding hydrogens is 220 g/mol. The van der Waals surface area contributed by atoms with Crippen molar-refractivity contribution >= 4 is 0 Å². The second-order valence-corrected chi connectivity index (χ2v) is 5.20. The van der Waals surface area contributed by atoms with Gasteiger partial charge in [-0.1, -0.05) is 54.1 Å². The first-order valence-electron chi connectivity index (χ1n) is 6.58. The fraction of sp³-hybridized carbons (Fsp3) is 0.294. The molecule has 2 aromatic rings. The lowest BCUT2D eigenvalue weighted by atomic mass is 9.77. The van der Waals surface area contributed by atoms with Gasteiger partial charge in [0.25, 0.3) is 0 Å². The average molecular weight is 238 g/mol. The fourth-order valence-corrected chi connectivity index (χ4v) is 2.95. The Kier molecular flexibility index (Phi) is 2.92. The Labute approximate surface area is 108 Å². The van der Waals surface area contributed by atoms with E-state index < -0.39 is 0 Å². The van der Waals surface area contributed by atoms with Gasteiger partial charge in [-0.15, -0.1) is 0 Å². The molecule has 3 rings (SSSR count). The maximum atomic E-state index is 10.6. The molecule has 0 spiro atoms. The molecule has 0 unspecified atom stereocenters. The van der Waals surface area contributed by atoms with Crippen molar-refractivity contribution in [1.82, 2.24) is 0 Å². The molecule has 0 saturated carbocycles. The van der Waals surface area contributed by atoms with E-state index in [-0.39, 0.29) is 12.0 Å². The molecule has 0 aliphatic heterocycles. The number of rotatable bonds is 1. The van der Waals surface area contributed by atoms with Gasteiger partial charge < -0.3 is 5.11 Å². The predicted molar refractivity (Wildman–Crippen MR) is 73.6 cm³/mol. The molecule has 0 fully saturated rings. The molecule has 0 heterocycles. The maximum absolute atomic E-state index is 10.6. The molecule has 0 amide bonds. The van der Waals surface area contributed by atoms with E-state index in [1.165, 1.54) is 16.7 Å². The van der Waals surface area contributed by atoms with Crippen molar-refractivity contribution in [2.45, 2.75) is 31.8 Å². The monoisotopic (exact) mass is 238 g/mol. The van der Waals surface area contributed by atoms with Crippen LogP contribution in [0, 0.1) is 6.92 Å². The van der Waals surface area contributed by atoms with Gasteiger partial charge in [-0.3, -0.25) is 0 Å². The van der Waals surface area contributed by atoms with Crippen LogP contribution in [0.4, 0.5) is 0 Å². The minimum Gasteiger partial charge on any atom is -0.388 e. The average Bonchev–Trinajstić information content (AvgIpc) is 2.41. The Bertz CT molecular complexity index is 545. The first-order valence-corrected chi connectivity index (χ1v) is 6.58. The Morgan fingerprint density at radius 3 is 2.61 bits per heavy atom. The lowest BCUT2D eigenvalue weighted by Crippen LogP contribution is -2.19. The summed E-state index contributed by atoms with van der Waals surface area (Å²) in [5, 5.41) is 10.6. The summed E-state index contributed by atoms with van der Waals surface area (Å²) in [6.07, 6.45) is 1.73. The van der Waals surface area contributed by atoms with Crippen LogP contribution >= 0.6 is 0 Å². The summed E-state index contributed by atoms with van der Waals surface area (Å²) >= 11 is 0. The van der Waals surface area contributed by atoms with E-state index in [0.29, 0.717) is 0 Å². The minimum absolute atomic E-state index is 0.237. The number of aryl methyl sites for hydroxylation is 2. The summed E-state index contributed by atoms with van der Waals surface area (Å²) in [5.74, 6) is 0.237. The lowest BCUT2D eigenvalue weighted by Gasteiger charge is -2.30. The highest BCUT2D eigenvalue weighted by Gasteiger charge is 2.28. The van der Waals surface area contributed by atoms with E-state index in [0.717, 1.165) is 18.4 Å². The molecule has 0 bridgehead atoms. The first-order chi connectivity index (χ1) is 8.75. The molecule has 1 aliphatic rings. The van der Waals surface area contributed by atoms with E-state index >= 15 is 0 Å². The smallest absolute Gasteiger partial charge is 0.0861 e. The van der Waals surface area contributed by atoms with E-state index in [1.807, 2.05) is 18.2 Å². The van der Waals surface area contributed by atoms with E-state index in [2.05, 4.69) is 37.3 Å². The van der Waals surface area contributed by atoms with E-state index in [4.69, 9.17) is 0 Å². The third kappa shape index (κ3) is 1.95. The molecule has 2 aromatic carbocycles. The minimum atomic E-state index is -0.365. The number of hydrogen-bond acceptors (Lipinski definition) is 1. The van der Waals surface area contributed by atoms with Gasteiger partial charge in [-0.25, -0.2) is 0 Å². The molecule has 2 atom stereocenters. The largest absolute Gasteiger partial charge is 0.388 e. The Balaban J connectivity index is 1.99. The number of aliphatic hydroxyl groups excluding tert-OH is 1. The predicted octanol–water partition coefficient (Wildman–Crippen LogP) is 3.76. The number of hydrogen-bond donors (Lipinski definition) is 1. The van der Waals surface area contributed by atoms with Crippen LogP contribution in [0.15, 0.2) is 48.5 Å². The van der Waals surface area contributed by atoms with Crippen LogP contribution < -0.4 is 0 Å². The summed E-state index contributed by atoms with van der Waals surface area (Å²) in [7, 11) is 0. The first kappa shape index (κ1) is 11.5. The van der Waals surface area contributed by atoms with Crippen molar-refractivity contribution in [3.8, 4) is 0 Å². The van der Waals surface area contributed by atoms with Gasteiger partial charge in [-0.05, 0) is 36.5 Å². The number of fused-ring (bicyclic) bond motifs is 1. The van der Waals surface area contributed by atoms with Gasteiger partial charge >= 0.3 is 0 Å². The summed E-state index contributed by atoms with van der Waals surface area (Å²) in [4.78, 5) is 0. The maximum Gasteiger partial charge on any atom is 0.0861 e. The van der Waals surface area contributed by atoms with Gasteiger partial charge in [0.15, 0.2) is 0 Å². The fourth-order valence-electron chi connectivity index (χ4n) is 2.95. The van der Waals surface area contributed by atoms with Crippen LogP contribution in [-0.4, -0.2) is 5.11 Å². The third-order valence-corrected chi connectivity index (χ3v) is 3.95. The second-order valence-electron chi connectivity index (χ2n) is 5.20. The summed E-state index contributed by atoms with van der Waals surface area (Å²) in [5.41, 5.74) is 4.90. The molecule has 18 heavy (non-hydrogen) atoms. The molecule has 0 aromatic heterocycles. The zero-order chi connectivity index (χ0) is 12.5. The standard InChI is InChI=1S/C17H18O/c1-12-7-8-14-9-10-15(17(18)16(14)11-12)13-5-3-2-4-6-13/h2-8,11,15,17-18H,9-10H2,1H3/t15-,17-/m1/s1. The van der Waals surface area contributed by atoms with Gasteiger partial charge in [0.05, 0.1) is 6.10 Å². The number of aliphatic hydroxyl groups is 1. The zero-order valence-electron chi connectivity index (χ0n) is 10.6. The van der Waals surface area contributed by atoms with Crippen molar-refractivity contribution in [2.24, 2.45) is 0 Å². The van der Waals surface area contributed by atoms with Gasteiger partial charge in [-0.2, -0.15) is 0 Å². The van der Waals surface area contributed by atoms with Crippen LogP contribution in [0.2, 0.25) is 0 Å². The summed E-state index contributed by atoms with van der Waals surface area (Å²) in [6, 6.07) is 16.8. The quantitative estimate of drug-likeness (QED) is 0.802. The van der Waals surface area contributed by atoms with E-state index in [9.17, 15) is 5.11 Å². The third-order valence-electron chi connectivity index (χ3n) is 3.95. The zero-order valence-corrected chi connectivity index (χ0v) is 10.6. The molecule has 1 N–H and O–H groups in total. The molecule has 1 nitrogen and oxygen atoms in total. The van der Waals surface area contributed by atoms with Crippen LogP contribution in [0.25, 0.3) is 0 Å². The van der Waals surface area contributed by atoms with E-state index in [1.54, 1.807) is 0 Å². The van der Waals surface area contributed by atoms with Crippen molar-refractivity contribution in [2.75, 3.05) is 0 Å². The van der Waals surface area contributed by atoms with Gasteiger partial charge in [0.1, 0.15) is 0 Å². The SMILES string of the molecule is Cc1ccc2c(c1)[C@H](O)[C@@H](c1ccccc1)CC2. The highest BCUT2D eigenvalue weighted by atomic mass is 16.3. The van der Waals surface area contributed by atoms with Crippen molar-refractivity contribution in [3.63, 3.8) is 0 Å². The van der Waals surface area contributed by atoms with Crippen molar-refractivity contribution < 1.29 is 5.11 Å². The molecule has 0 saturated heterocycles. The Morgan fingerprint density at radius 2 is 1.83 bits per heavy atom. The summed E-state index contributed by atoms with van der Waals surface area (Å²) in [6.45, 7) is 2.08. The molecular formula is C17H18O. The van der Waals surface area contributed by atoms with Crippen LogP contribution in [0.5, 0.6) is 0 Å². The Morgan fingerprint density at radius 1 is 1.06 bits per heavy atom. The topological polar surface area (TPSA) is 20.2 Å². The van der Waals surface area contributed by atoms with Gasteiger partial charge in [0.2, 0.25) is 0 Å². The number of benzene rings is 2. The summed E-state index contributed by atoms with van der Waals surface area (Å²) < 4.78 is 0. The Hall–Kier alpha value is -1.60. The van der Waals surface area contributed by atoms with Crippen LogP contribution in [0.3, 0.4) is 0 Å². The van der Waals surface area contributed by atoms with Crippen LogP contribution in [-0.2, 0) is 6.42 Å². The highest BCUT2D eigenvalue weighted by Crippen LogP contribution is 2.40. The second kappa shape index (κ2) is 4.58. The molecule has 0 radical (unpaired) electrons. The molecule has 1 heteroatoms. The van der Waals surface area contributed by atoms with Gasteiger partial charge in [0, 0.05) is 5.92 Å². The highest BCUT2D eigenvalue weighted by molar-refractivity contribution is 5.38. The molecule has 1 aliphatic carbocycles. The van der Waals surface area contributed by atoms with Crippen LogP contribution in [0.1, 0.15) is 40.7 Å².